The smallest absolute Gasteiger partial charge is 0.250 e. The Morgan fingerprint density at radius 3 is 2.81 bits per heavy atom. The van der Waals surface area contributed by atoms with Gasteiger partial charge in [-0.3, -0.25) is 4.79 Å². The number of carbonyl (C=O) groups is 1. The number of likely N-dealkylation sites (tertiary alicyclic amines) is 1. The van der Waals surface area contributed by atoms with E-state index < -0.39 is 5.91 Å². The van der Waals surface area contributed by atoms with Crippen LogP contribution in [0.1, 0.15) is 21.8 Å². The number of nitrogens with zero attached hydrogens (tertiary/aromatic N) is 3. The summed E-state index contributed by atoms with van der Waals surface area (Å²) in [7, 11) is 2.04. The number of para-hydroxylation sites is 1. The second-order valence-corrected chi connectivity index (χ2v) is 6.92. The average Bonchev–Trinajstić information content (AvgIpc) is 3.01. The lowest BCUT2D eigenvalue weighted by Gasteiger charge is -2.21. The minimum absolute atomic E-state index is 0.0483. The number of aromatic nitrogens is 2. The highest BCUT2D eigenvalue weighted by Crippen LogP contribution is 2.31. The number of nitrogens with one attached hydrogen (secondary N) is 1. The summed E-state index contributed by atoms with van der Waals surface area (Å²) in [5.74, 6) is 0.00252. The maximum atomic E-state index is 13.7. The number of hydrogen-bond donors (Lipinski definition) is 2. The normalized spacial score (nSPS) is 20.1. The van der Waals surface area contributed by atoms with Crippen molar-refractivity contribution in [1.82, 2.24) is 14.9 Å². The molecule has 4 rings (SSSR count). The van der Waals surface area contributed by atoms with Crippen LogP contribution in [-0.4, -0.2) is 47.0 Å². The zero-order valence-corrected chi connectivity index (χ0v) is 14.9. The fourth-order valence-electron chi connectivity index (χ4n) is 3.80. The Hall–Kier alpha value is -3.06. The number of primary amides is 1. The highest BCUT2D eigenvalue weighted by atomic mass is 19.1. The van der Waals surface area contributed by atoms with Crippen LogP contribution in [0.25, 0.3) is 10.9 Å². The first kappa shape index (κ1) is 17.4. The van der Waals surface area contributed by atoms with Crippen LogP contribution < -0.4 is 11.1 Å². The predicted molar refractivity (Wildman–Crippen MR) is 102 cm³/mol. The molecule has 3 aromatic rings. The second-order valence-electron chi connectivity index (χ2n) is 6.92. The number of likely N-dealkylation sites (N-methyl/N-ethyl adjacent to an activating group) is 1. The van der Waals surface area contributed by atoms with E-state index in [1.807, 2.05) is 19.2 Å². The molecule has 1 aliphatic rings. The lowest BCUT2D eigenvalue weighted by atomic mass is 9.94. The fourth-order valence-corrected chi connectivity index (χ4v) is 3.80. The van der Waals surface area contributed by atoms with E-state index in [1.165, 1.54) is 12.4 Å². The molecule has 0 spiro atoms. The number of halogens is 1. The maximum absolute atomic E-state index is 13.7. The van der Waals surface area contributed by atoms with Crippen LogP contribution >= 0.6 is 0 Å². The number of amides is 1. The van der Waals surface area contributed by atoms with E-state index in [0.717, 1.165) is 24.0 Å². The van der Waals surface area contributed by atoms with Crippen molar-refractivity contribution in [1.29, 1.82) is 0 Å². The van der Waals surface area contributed by atoms with Crippen molar-refractivity contribution in [2.75, 3.05) is 25.5 Å². The van der Waals surface area contributed by atoms with Crippen LogP contribution in [0.2, 0.25) is 0 Å². The number of hydrogen-bond acceptors (Lipinski definition) is 5. The van der Waals surface area contributed by atoms with Crippen molar-refractivity contribution in [2.24, 2.45) is 5.73 Å². The number of rotatable bonds is 4. The summed E-state index contributed by atoms with van der Waals surface area (Å²) in [5.41, 5.74) is 7.30. The number of fused-ring (bicyclic) bond motifs is 1. The van der Waals surface area contributed by atoms with Gasteiger partial charge in [0.15, 0.2) is 0 Å². The van der Waals surface area contributed by atoms with Crippen LogP contribution in [0.4, 0.5) is 10.2 Å². The van der Waals surface area contributed by atoms with Crippen LogP contribution in [0.3, 0.4) is 0 Å². The first-order valence-electron chi connectivity index (χ1n) is 8.77. The largest absolute Gasteiger partial charge is 0.366 e. The van der Waals surface area contributed by atoms with E-state index in [1.54, 1.807) is 24.3 Å². The van der Waals surface area contributed by atoms with Crippen LogP contribution in [-0.2, 0) is 0 Å². The highest BCUT2D eigenvalue weighted by molar-refractivity contribution is 6.06. The molecule has 1 amide bonds. The van der Waals surface area contributed by atoms with E-state index in [9.17, 15) is 9.18 Å². The third kappa shape index (κ3) is 3.33. The third-order valence-electron chi connectivity index (χ3n) is 5.03. The number of nitrogens with two attached hydrogens (primary N) is 1. The molecule has 1 aliphatic heterocycles. The van der Waals surface area contributed by atoms with Gasteiger partial charge in [-0.2, -0.15) is 0 Å². The molecule has 2 atom stereocenters. The minimum Gasteiger partial charge on any atom is -0.366 e. The molecule has 1 aromatic heterocycles. The molecule has 1 fully saturated rings. The van der Waals surface area contributed by atoms with Crippen LogP contribution in [0, 0.1) is 5.82 Å². The molecule has 2 heterocycles. The molecule has 1 unspecified atom stereocenters. The molecular weight excluding hydrogens is 345 g/mol. The molecule has 1 saturated heterocycles. The summed E-state index contributed by atoms with van der Waals surface area (Å²) in [6.07, 6.45) is 1.42. The highest BCUT2D eigenvalue weighted by Gasteiger charge is 2.32. The first-order chi connectivity index (χ1) is 13.0. The summed E-state index contributed by atoms with van der Waals surface area (Å²) in [5, 5.41) is 4.22. The molecule has 0 aliphatic carbocycles. The SMILES string of the molecule is CN1CC(Nc2ncnc3c(C(N)=O)cccc23)[C@@H](c2cccc(F)c2)C1. The van der Waals surface area contributed by atoms with Gasteiger partial charge >= 0.3 is 0 Å². The zero-order chi connectivity index (χ0) is 19.0. The van der Waals surface area contributed by atoms with Gasteiger partial charge in [0.25, 0.3) is 5.91 Å². The van der Waals surface area contributed by atoms with E-state index in [0.29, 0.717) is 16.9 Å². The first-order valence-corrected chi connectivity index (χ1v) is 8.77. The van der Waals surface area contributed by atoms with Gasteiger partial charge in [-0.1, -0.05) is 18.2 Å². The van der Waals surface area contributed by atoms with Crippen LogP contribution in [0.15, 0.2) is 48.8 Å². The van der Waals surface area contributed by atoms with Gasteiger partial charge in [0, 0.05) is 30.4 Å². The van der Waals surface area contributed by atoms with Gasteiger partial charge in [0.05, 0.1) is 11.1 Å². The lowest BCUT2D eigenvalue weighted by molar-refractivity contribution is 0.100. The third-order valence-corrected chi connectivity index (χ3v) is 5.03. The minimum atomic E-state index is -0.525. The van der Waals surface area contributed by atoms with Crippen molar-refractivity contribution in [2.45, 2.75) is 12.0 Å². The van der Waals surface area contributed by atoms with E-state index >= 15 is 0 Å². The van der Waals surface area contributed by atoms with Crippen LogP contribution in [0.5, 0.6) is 0 Å². The summed E-state index contributed by atoms with van der Waals surface area (Å²) < 4.78 is 13.7. The zero-order valence-electron chi connectivity index (χ0n) is 14.9. The maximum Gasteiger partial charge on any atom is 0.250 e. The molecule has 0 saturated carbocycles. The topological polar surface area (TPSA) is 84.1 Å². The summed E-state index contributed by atoms with van der Waals surface area (Å²) in [6, 6.07) is 12.1. The van der Waals surface area contributed by atoms with E-state index in [-0.39, 0.29) is 17.8 Å². The Bertz CT molecular complexity index is 1010. The summed E-state index contributed by atoms with van der Waals surface area (Å²) >= 11 is 0. The molecule has 3 N–H and O–H groups in total. The molecule has 138 valence electrons. The fraction of sp³-hybridized carbons (Fsp3) is 0.250. The standard InChI is InChI=1S/C20H20FN5O/c1-26-9-16(12-4-2-5-13(21)8-12)17(10-26)25-20-15-7-3-6-14(19(22)27)18(15)23-11-24-20/h2-8,11,16-17H,9-10H2,1H3,(H2,22,27)(H,23,24,25)/t16-,17?/m1/s1. The Balaban J connectivity index is 1.70. The summed E-state index contributed by atoms with van der Waals surface area (Å²) in [6.45, 7) is 1.61. The Morgan fingerprint density at radius 2 is 2.04 bits per heavy atom. The van der Waals surface area contributed by atoms with Gasteiger partial charge in [0.1, 0.15) is 18.0 Å². The number of anilines is 1. The van der Waals surface area contributed by atoms with Gasteiger partial charge in [-0.25, -0.2) is 14.4 Å². The lowest BCUT2D eigenvalue weighted by Crippen LogP contribution is -2.28. The molecule has 0 radical (unpaired) electrons. The quantitative estimate of drug-likeness (QED) is 0.742. The van der Waals surface area contributed by atoms with Gasteiger partial charge in [-0.05, 0) is 36.9 Å². The van der Waals surface area contributed by atoms with E-state index in [2.05, 4.69) is 20.2 Å². The number of benzene rings is 2. The van der Waals surface area contributed by atoms with Crippen molar-refractivity contribution < 1.29 is 9.18 Å². The second kappa shape index (κ2) is 6.92. The Morgan fingerprint density at radius 1 is 1.22 bits per heavy atom. The van der Waals surface area contributed by atoms with E-state index in [4.69, 9.17) is 5.73 Å². The monoisotopic (exact) mass is 365 g/mol. The molecule has 2 aromatic carbocycles. The van der Waals surface area contributed by atoms with Gasteiger partial charge in [0.2, 0.25) is 0 Å². The van der Waals surface area contributed by atoms with Crippen molar-refractivity contribution in [3.63, 3.8) is 0 Å². The summed E-state index contributed by atoms with van der Waals surface area (Å²) in [4.78, 5) is 22.5. The molecule has 0 bridgehead atoms. The molecule has 27 heavy (non-hydrogen) atoms. The van der Waals surface area contributed by atoms with Crippen molar-refractivity contribution in [3.05, 3.63) is 65.7 Å². The number of carbonyl (C=O) groups excluding carboxylic acids is 1. The average molecular weight is 365 g/mol. The Kier molecular flexibility index (Phi) is 4.45. The van der Waals surface area contributed by atoms with Crippen molar-refractivity contribution in [3.8, 4) is 0 Å². The molecule has 7 heteroatoms. The Labute approximate surface area is 156 Å². The predicted octanol–water partition coefficient (Wildman–Crippen LogP) is 2.38. The van der Waals surface area contributed by atoms with Crippen molar-refractivity contribution >= 4 is 22.6 Å². The van der Waals surface area contributed by atoms with Gasteiger partial charge in [-0.15, -0.1) is 0 Å². The van der Waals surface area contributed by atoms with Gasteiger partial charge < -0.3 is 16.0 Å². The molecule has 6 nitrogen and oxygen atoms in total. The molecular formula is C20H20FN5O.